The molecule has 0 amide bonds. The minimum atomic E-state index is 0.352. The predicted molar refractivity (Wildman–Crippen MR) is 80.9 cm³/mol. The van der Waals surface area contributed by atoms with Crippen LogP contribution in [0.2, 0.25) is 0 Å². The third-order valence-electron chi connectivity index (χ3n) is 6.03. The van der Waals surface area contributed by atoms with E-state index in [0.717, 1.165) is 24.2 Å². The van der Waals surface area contributed by atoms with Crippen LogP contribution < -0.4 is 0 Å². The molecule has 1 heteroatoms. The molecule has 2 aliphatic carbocycles. The fourth-order valence-corrected chi connectivity index (χ4v) is 5.69. The van der Waals surface area contributed by atoms with E-state index in [4.69, 9.17) is 0 Å². The van der Waals surface area contributed by atoms with Crippen molar-refractivity contribution in [2.75, 3.05) is 0 Å². The van der Waals surface area contributed by atoms with E-state index in [1.165, 1.54) is 25.5 Å². The Bertz CT molecular complexity index is 336. The van der Waals surface area contributed by atoms with Gasteiger partial charge in [-0.1, -0.05) is 48.0 Å². The monoisotopic (exact) mass is 264 g/mol. The van der Waals surface area contributed by atoms with Crippen LogP contribution in [0.15, 0.2) is 0 Å². The van der Waals surface area contributed by atoms with Crippen molar-refractivity contribution in [2.24, 2.45) is 40.4 Å². The summed E-state index contributed by atoms with van der Waals surface area (Å²) in [4.78, 5) is 11.4. The summed E-state index contributed by atoms with van der Waals surface area (Å²) in [6.07, 6.45) is 6.28. The minimum absolute atomic E-state index is 0.352. The molecule has 0 aromatic rings. The lowest BCUT2D eigenvalue weighted by Crippen LogP contribution is -2.43. The quantitative estimate of drug-likeness (QED) is 0.657. The number of fused-ring (bicyclic) bond motifs is 2. The lowest BCUT2D eigenvalue weighted by Gasteiger charge is -2.49. The number of aldehydes is 1. The summed E-state index contributed by atoms with van der Waals surface area (Å²) in [5, 5.41) is 0. The topological polar surface area (TPSA) is 17.1 Å². The van der Waals surface area contributed by atoms with Crippen molar-refractivity contribution in [2.45, 2.75) is 67.2 Å². The van der Waals surface area contributed by atoms with E-state index in [1.54, 1.807) is 0 Å². The van der Waals surface area contributed by atoms with Crippen molar-refractivity contribution in [3.8, 4) is 0 Å². The number of rotatable bonds is 4. The second-order valence-corrected chi connectivity index (χ2v) is 8.85. The molecule has 1 nitrogen and oxygen atoms in total. The van der Waals surface area contributed by atoms with E-state index in [2.05, 4.69) is 41.5 Å². The number of carbonyl (C=O) groups excluding carboxylic acids is 1. The molecule has 0 spiro atoms. The molecule has 0 aliphatic heterocycles. The summed E-state index contributed by atoms with van der Waals surface area (Å²) in [6.45, 7) is 14.4. The van der Waals surface area contributed by atoms with Gasteiger partial charge in [0, 0.05) is 5.92 Å². The van der Waals surface area contributed by atoms with Crippen molar-refractivity contribution >= 4 is 6.29 Å². The van der Waals surface area contributed by atoms with Crippen molar-refractivity contribution < 1.29 is 4.79 Å². The van der Waals surface area contributed by atoms with Gasteiger partial charge in [0.2, 0.25) is 0 Å². The van der Waals surface area contributed by atoms with E-state index in [1.807, 2.05) is 0 Å². The molecule has 0 aromatic carbocycles. The van der Waals surface area contributed by atoms with Crippen LogP contribution in [0.25, 0.3) is 0 Å². The van der Waals surface area contributed by atoms with Crippen molar-refractivity contribution in [3.05, 3.63) is 0 Å². The minimum Gasteiger partial charge on any atom is -0.303 e. The first-order valence-corrected chi connectivity index (χ1v) is 8.17. The Morgan fingerprint density at radius 1 is 1.05 bits per heavy atom. The van der Waals surface area contributed by atoms with Crippen LogP contribution in [0.3, 0.4) is 0 Å². The Balaban J connectivity index is 2.32. The first kappa shape index (κ1) is 15.1. The highest BCUT2D eigenvalue weighted by Crippen LogP contribution is 2.64. The predicted octanol–water partition coefficient (Wildman–Crippen LogP) is 4.95. The average molecular weight is 264 g/mol. The van der Waals surface area contributed by atoms with Crippen LogP contribution in [-0.2, 0) is 4.79 Å². The first-order chi connectivity index (χ1) is 8.72. The fraction of sp³-hybridized carbons (Fsp3) is 0.944. The van der Waals surface area contributed by atoms with Crippen molar-refractivity contribution in [1.29, 1.82) is 0 Å². The van der Waals surface area contributed by atoms with E-state index in [9.17, 15) is 4.79 Å². The van der Waals surface area contributed by atoms with Gasteiger partial charge >= 0.3 is 0 Å². The molecule has 5 atom stereocenters. The van der Waals surface area contributed by atoms with Crippen LogP contribution in [0.4, 0.5) is 0 Å². The van der Waals surface area contributed by atoms with Gasteiger partial charge in [-0.15, -0.1) is 0 Å². The molecule has 2 saturated carbocycles. The van der Waals surface area contributed by atoms with Crippen molar-refractivity contribution in [1.82, 2.24) is 0 Å². The molecule has 0 heterocycles. The lowest BCUT2D eigenvalue weighted by atomic mass is 9.56. The molecular formula is C18H32O. The molecule has 2 aliphatic rings. The zero-order valence-corrected chi connectivity index (χ0v) is 13.7. The molecule has 19 heavy (non-hydrogen) atoms. The maximum absolute atomic E-state index is 11.4. The zero-order valence-electron chi connectivity index (χ0n) is 13.7. The molecule has 0 aromatic heterocycles. The smallest absolute Gasteiger partial charge is 0.123 e. The van der Waals surface area contributed by atoms with Gasteiger partial charge in [0.25, 0.3) is 0 Å². The van der Waals surface area contributed by atoms with Gasteiger partial charge in [0.15, 0.2) is 0 Å². The van der Waals surface area contributed by atoms with Crippen LogP contribution in [0, 0.1) is 40.4 Å². The maximum Gasteiger partial charge on any atom is 0.123 e. The highest BCUT2D eigenvalue weighted by Gasteiger charge is 2.59. The van der Waals surface area contributed by atoms with Crippen LogP contribution >= 0.6 is 0 Å². The lowest BCUT2D eigenvalue weighted by molar-refractivity contribution is -0.115. The summed E-state index contributed by atoms with van der Waals surface area (Å²) in [7, 11) is 0. The Hall–Kier alpha value is -0.330. The van der Waals surface area contributed by atoms with Gasteiger partial charge in [-0.2, -0.15) is 0 Å². The molecule has 0 saturated heterocycles. The standard InChI is InChI=1S/C18H32O/c1-7-8-18(5,6)16-14-10-12(9-13(14)11-19)15(16)17(2,3)4/h11-16H,7-10H2,1-6H3. The summed E-state index contributed by atoms with van der Waals surface area (Å²) in [5.41, 5.74) is 0.761. The normalized spacial score (nSPS) is 38.7. The fourth-order valence-electron chi connectivity index (χ4n) is 5.69. The van der Waals surface area contributed by atoms with Gasteiger partial charge in [0.1, 0.15) is 6.29 Å². The van der Waals surface area contributed by atoms with Gasteiger partial charge in [-0.05, 0) is 53.8 Å². The second kappa shape index (κ2) is 4.90. The number of carbonyl (C=O) groups is 1. The summed E-state index contributed by atoms with van der Waals surface area (Å²) >= 11 is 0. The van der Waals surface area contributed by atoms with Gasteiger partial charge < -0.3 is 4.79 Å². The third-order valence-corrected chi connectivity index (χ3v) is 6.03. The molecule has 0 N–H and O–H groups in total. The molecule has 2 fully saturated rings. The molecule has 5 unspecified atom stereocenters. The molecule has 2 bridgehead atoms. The van der Waals surface area contributed by atoms with Crippen LogP contribution in [0.1, 0.15) is 67.2 Å². The summed E-state index contributed by atoms with van der Waals surface area (Å²) in [6, 6.07) is 0. The Morgan fingerprint density at radius 3 is 2.16 bits per heavy atom. The number of hydrogen-bond donors (Lipinski definition) is 0. The Morgan fingerprint density at radius 2 is 1.68 bits per heavy atom. The zero-order chi connectivity index (χ0) is 14.4. The highest BCUT2D eigenvalue weighted by atomic mass is 16.1. The van der Waals surface area contributed by atoms with E-state index < -0.39 is 0 Å². The second-order valence-electron chi connectivity index (χ2n) is 8.85. The third kappa shape index (κ3) is 2.50. The van der Waals surface area contributed by atoms with Crippen molar-refractivity contribution in [3.63, 3.8) is 0 Å². The van der Waals surface area contributed by atoms with Gasteiger partial charge in [-0.3, -0.25) is 0 Å². The molecule has 110 valence electrons. The summed E-state index contributed by atoms with van der Waals surface area (Å²) in [5.74, 6) is 3.34. The number of hydrogen-bond acceptors (Lipinski definition) is 1. The average Bonchev–Trinajstić information content (AvgIpc) is 2.84. The largest absolute Gasteiger partial charge is 0.303 e. The first-order valence-electron chi connectivity index (χ1n) is 8.17. The van der Waals surface area contributed by atoms with E-state index >= 15 is 0 Å². The Labute approximate surface area is 119 Å². The maximum atomic E-state index is 11.4. The van der Waals surface area contributed by atoms with Gasteiger partial charge in [0.05, 0.1) is 0 Å². The van der Waals surface area contributed by atoms with E-state index in [-0.39, 0.29) is 0 Å². The van der Waals surface area contributed by atoms with E-state index in [0.29, 0.717) is 22.7 Å². The van der Waals surface area contributed by atoms with Crippen LogP contribution in [0.5, 0.6) is 0 Å². The van der Waals surface area contributed by atoms with Gasteiger partial charge in [-0.25, -0.2) is 0 Å². The molecular weight excluding hydrogens is 232 g/mol. The summed E-state index contributed by atoms with van der Waals surface area (Å²) < 4.78 is 0. The molecule has 0 radical (unpaired) electrons. The van der Waals surface area contributed by atoms with Crippen LogP contribution in [-0.4, -0.2) is 6.29 Å². The highest BCUT2D eigenvalue weighted by molar-refractivity contribution is 5.55. The molecule has 2 rings (SSSR count). The Kier molecular flexibility index (Phi) is 3.88. The SMILES string of the molecule is CCCC(C)(C)C1C2CC(CC2C=O)C1C(C)(C)C.